The van der Waals surface area contributed by atoms with Crippen molar-refractivity contribution in [2.45, 2.75) is 43.6 Å². The van der Waals surface area contributed by atoms with E-state index in [-0.39, 0.29) is 29.3 Å². The van der Waals surface area contributed by atoms with Gasteiger partial charge in [0.15, 0.2) is 5.65 Å². The molecule has 10 heteroatoms. The second-order valence-corrected chi connectivity index (χ2v) is 10.4. The highest BCUT2D eigenvalue weighted by Gasteiger charge is 2.70. The second kappa shape index (κ2) is 7.63. The maximum absolute atomic E-state index is 13.0. The Bertz CT molecular complexity index is 1350. The highest BCUT2D eigenvalue weighted by molar-refractivity contribution is 5.94. The maximum Gasteiger partial charge on any atom is 0.319 e. The lowest BCUT2D eigenvalue weighted by Gasteiger charge is -2.32. The van der Waals surface area contributed by atoms with Crippen molar-refractivity contribution in [1.82, 2.24) is 30.5 Å². The molecule has 10 nitrogen and oxygen atoms in total. The smallest absolute Gasteiger partial charge is 0.319 e. The van der Waals surface area contributed by atoms with Crippen LogP contribution in [-0.4, -0.2) is 56.3 Å². The minimum absolute atomic E-state index is 0.0246. The number of anilines is 1. The Hall–Kier alpha value is -3.74. The average molecular weight is 471 g/mol. The summed E-state index contributed by atoms with van der Waals surface area (Å²) in [6.07, 6.45) is 6.61. The summed E-state index contributed by atoms with van der Waals surface area (Å²) in [5, 5.41) is 20.9. The van der Waals surface area contributed by atoms with Gasteiger partial charge >= 0.3 is 6.01 Å². The fourth-order valence-corrected chi connectivity index (χ4v) is 5.29. The zero-order valence-electron chi connectivity index (χ0n) is 19.3. The Morgan fingerprint density at radius 3 is 2.89 bits per heavy atom. The molecule has 3 aliphatic carbocycles. The molecule has 35 heavy (non-hydrogen) atoms. The minimum Gasteiger partial charge on any atom is -0.463 e. The Morgan fingerprint density at radius 2 is 2.14 bits per heavy atom. The summed E-state index contributed by atoms with van der Waals surface area (Å²) in [7, 11) is 0. The largest absolute Gasteiger partial charge is 0.463 e. The number of hydrogen-bond donors (Lipinski definition) is 2. The van der Waals surface area contributed by atoms with Gasteiger partial charge in [-0.2, -0.15) is 20.3 Å². The first-order chi connectivity index (χ1) is 17.1. The molecular weight excluding hydrogens is 444 g/mol. The summed E-state index contributed by atoms with van der Waals surface area (Å²) in [5.41, 5.74) is 2.26. The lowest BCUT2D eigenvalue weighted by atomic mass is 9.92. The van der Waals surface area contributed by atoms with Crippen LogP contribution in [0, 0.1) is 29.1 Å². The van der Waals surface area contributed by atoms with Gasteiger partial charge in [0.05, 0.1) is 24.3 Å². The summed E-state index contributed by atoms with van der Waals surface area (Å²) in [6.45, 7) is 1.99. The molecule has 3 saturated carbocycles. The number of hydrogen-bond acceptors (Lipinski definition) is 8. The third-order valence-electron chi connectivity index (χ3n) is 8.06. The normalized spacial score (nSPS) is 28.8. The lowest BCUT2D eigenvalue weighted by Crippen LogP contribution is -2.35. The van der Waals surface area contributed by atoms with Gasteiger partial charge < -0.3 is 15.0 Å². The Kier molecular flexibility index (Phi) is 4.50. The zero-order chi connectivity index (χ0) is 23.6. The Morgan fingerprint density at radius 1 is 1.31 bits per heavy atom. The Labute approximate surface area is 202 Å². The van der Waals surface area contributed by atoms with Crippen molar-refractivity contribution in [2.75, 3.05) is 24.6 Å². The van der Waals surface area contributed by atoms with Crippen LogP contribution < -0.4 is 15.0 Å². The first kappa shape index (κ1) is 20.6. The van der Waals surface area contributed by atoms with E-state index in [0.717, 1.165) is 61.9 Å². The van der Waals surface area contributed by atoms with Gasteiger partial charge in [0, 0.05) is 48.1 Å². The fraction of sp³-hybridized carbons (Fsp3) is 0.520. The number of nitriles is 1. The van der Waals surface area contributed by atoms with Crippen molar-refractivity contribution in [2.24, 2.45) is 17.8 Å². The number of carbonyl (C=O) groups excluding carboxylic acids is 1. The number of aromatic amines is 1. The number of nitrogens with zero attached hydrogens (tertiary/aromatic N) is 6. The van der Waals surface area contributed by atoms with Gasteiger partial charge in [0.2, 0.25) is 0 Å². The monoisotopic (exact) mass is 470 g/mol. The minimum atomic E-state index is -0.162. The van der Waals surface area contributed by atoms with E-state index in [1.807, 2.05) is 6.07 Å². The molecule has 4 fully saturated rings. The third kappa shape index (κ3) is 3.75. The molecule has 0 unspecified atom stereocenters. The third-order valence-corrected chi connectivity index (χ3v) is 8.06. The number of rotatable bonds is 7. The predicted molar refractivity (Wildman–Crippen MR) is 126 cm³/mol. The van der Waals surface area contributed by atoms with E-state index in [4.69, 9.17) is 10.00 Å². The van der Waals surface area contributed by atoms with Crippen LogP contribution in [0.5, 0.6) is 6.01 Å². The summed E-state index contributed by atoms with van der Waals surface area (Å²) in [4.78, 5) is 28.6. The molecule has 178 valence electrons. The van der Waals surface area contributed by atoms with Gasteiger partial charge in [-0.3, -0.25) is 9.89 Å². The number of nitrogens with one attached hydrogen (secondary N) is 2. The van der Waals surface area contributed by atoms with Crippen LogP contribution in [0.15, 0.2) is 24.4 Å². The average Bonchev–Trinajstić information content (AvgIpc) is 3.82. The molecule has 1 amide bonds. The van der Waals surface area contributed by atoms with E-state index in [2.05, 4.69) is 47.5 Å². The van der Waals surface area contributed by atoms with Crippen LogP contribution >= 0.6 is 0 Å². The SMILES string of the molecule is N#C[C@@H]1C[C@@H]1COc1nc(C(=O)NC23CC2C3)cc(N2CCC(c3n[nH]c4ncccc34)CC2)n1. The van der Waals surface area contributed by atoms with Gasteiger partial charge in [0.25, 0.3) is 5.91 Å². The fourth-order valence-electron chi connectivity index (χ4n) is 5.29. The quantitative estimate of drug-likeness (QED) is 0.538. The van der Waals surface area contributed by atoms with Crippen molar-refractivity contribution in [3.63, 3.8) is 0 Å². The van der Waals surface area contributed by atoms with Gasteiger partial charge in [-0.05, 0) is 50.2 Å². The highest BCUT2D eigenvalue weighted by Crippen LogP contribution is 2.66. The van der Waals surface area contributed by atoms with Crippen LogP contribution in [0.3, 0.4) is 0 Å². The topological polar surface area (TPSA) is 133 Å². The predicted octanol–water partition coefficient (Wildman–Crippen LogP) is 2.56. The number of ether oxygens (including phenoxy) is 1. The molecule has 3 aromatic rings. The maximum atomic E-state index is 13.0. The summed E-state index contributed by atoms with van der Waals surface area (Å²) in [5.74, 6) is 1.80. The summed E-state index contributed by atoms with van der Waals surface area (Å²) < 4.78 is 5.87. The van der Waals surface area contributed by atoms with Gasteiger partial charge in [-0.25, -0.2) is 4.98 Å². The van der Waals surface area contributed by atoms with Crippen LogP contribution in [0.4, 0.5) is 5.82 Å². The molecule has 0 radical (unpaired) electrons. The van der Waals surface area contributed by atoms with E-state index >= 15 is 0 Å². The number of fused-ring (bicyclic) bond motifs is 2. The lowest BCUT2D eigenvalue weighted by molar-refractivity contribution is 0.0935. The van der Waals surface area contributed by atoms with Crippen LogP contribution in [0.1, 0.15) is 54.2 Å². The van der Waals surface area contributed by atoms with Gasteiger partial charge in [-0.15, -0.1) is 0 Å². The molecule has 2 N–H and O–H groups in total. The van der Waals surface area contributed by atoms with E-state index in [1.54, 1.807) is 12.3 Å². The zero-order valence-corrected chi connectivity index (χ0v) is 19.3. The number of H-pyrrole nitrogens is 1. The molecule has 4 aliphatic rings. The van der Waals surface area contributed by atoms with Crippen molar-refractivity contribution < 1.29 is 9.53 Å². The van der Waals surface area contributed by atoms with Crippen molar-refractivity contribution in [3.8, 4) is 12.1 Å². The first-order valence-electron chi connectivity index (χ1n) is 12.4. The Balaban J connectivity index is 1.09. The number of pyridine rings is 1. The van der Waals surface area contributed by atoms with E-state index in [1.165, 1.54) is 0 Å². The van der Waals surface area contributed by atoms with Crippen molar-refractivity contribution >= 4 is 22.8 Å². The molecule has 1 aliphatic heterocycles. The molecule has 1 saturated heterocycles. The van der Waals surface area contributed by atoms with Crippen LogP contribution in [0.25, 0.3) is 11.0 Å². The van der Waals surface area contributed by atoms with E-state index in [0.29, 0.717) is 30.0 Å². The molecule has 7 rings (SSSR count). The molecule has 4 heterocycles. The van der Waals surface area contributed by atoms with Gasteiger partial charge in [0.1, 0.15) is 11.5 Å². The van der Waals surface area contributed by atoms with Crippen molar-refractivity contribution in [1.29, 1.82) is 5.26 Å². The molecule has 0 spiro atoms. The second-order valence-electron chi connectivity index (χ2n) is 10.4. The van der Waals surface area contributed by atoms with E-state index in [9.17, 15) is 4.79 Å². The number of piperidine rings is 1. The van der Waals surface area contributed by atoms with Crippen molar-refractivity contribution in [3.05, 3.63) is 35.8 Å². The van der Waals surface area contributed by atoms with Gasteiger partial charge in [-0.1, -0.05) is 0 Å². The molecule has 2 atom stereocenters. The summed E-state index contributed by atoms with van der Waals surface area (Å²) >= 11 is 0. The number of aromatic nitrogens is 5. The van der Waals surface area contributed by atoms with Crippen LogP contribution in [0.2, 0.25) is 0 Å². The molecule has 0 aromatic carbocycles. The number of carbonyl (C=O) groups is 1. The van der Waals surface area contributed by atoms with E-state index < -0.39 is 0 Å². The molecule has 3 aromatic heterocycles. The molecule has 0 bridgehead atoms. The number of amides is 1. The molecular formula is C25H26N8O2. The summed E-state index contributed by atoms with van der Waals surface area (Å²) in [6, 6.07) is 8.27. The first-order valence-corrected chi connectivity index (χ1v) is 12.4. The highest BCUT2D eigenvalue weighted by atomic mass is 16.5. The standard InChI is InChI=1S/C25H26N8O2/c26-12-15-8-16(15)13-35-24-28-19(23(34)30-25-10-17(25)11-25)9-20(29-24)33-6-3-14(4-7-33)21-18-2-1-5-27-22(18)32-31-21/h1-2,5,9,14-17H,3-4,6-8,10-11,13H2,(H,30,34)(H,27,31,32)/t15-,16+,17?,25?/m0/s1. The van der Waals surface area contributed by atoms with Crippen LogP contribution in [-0.2, 0) is 0 Å².